The molecule has 0 bridgehead atoms. The molecule has 1 amide bonds. The number of ether oxygens (including phenoxy) is 1. The van der Waals surface area contributed by atoms with Crippen LogP contribution in [0.2, 0.25) is 0 Å². The highest BCUT2D eigenvalue weighted by molar-refractivity contribution is 5.95. The van der Waals surface area contributed by atoms with Gasteiger partial charge >= 0.3 is 0 Å². The molecule has 1 saturated heterocycles. The summed E-state index contributed by atoms with van der Waals surface area (Å²) in [4.78, 5) is 15.7. The molecule has 0 radical (unpaired) electrons. The minimum Gasteiger partial charge on any atom is -0.505 e. The number of rotatable bonds is 2. The first-order chi connectivity index (χ1) is 7.61. The molecular weight excluding hydrogens is 208 g/mol. The maximum absolute atomic E-state index is 11.8. The molecule has 0 unspecified atom stereocenters. The molecule has 0 aromatic carbocycles. The van der Waals surface area contributed by atoms with Crippen LogP contribution >= 0.6 is 0 Å². The number of carbonyl (C=O) groups is 1. The van der Waals surface area contributed by atoms with Gasteiger partial charge in [-0.3, -0.25) is 4.79 Å². The van der Waals surface area contributed by atoms with E-state index >= 15 is 0 Å². The molecule has 16 heavy (non-hydrogen) atoms. The quantitative estimate of drug-likeness (QED) is 0.772. The van der Waals surface area contributed by atoms with E-state index in [9.17, 15) is 9.90 Å². The molecule has 5 heteroatoms. The normalized spacial score (nSPS) is 24.3. The van der Waals surface area contributed by atoms with Gasteiger partial charge in [0.2, 0.25) is 0 Å². The molecule has 1 aromatic heterocycles. The molecule has 0 aliphatic carbocycles. The van der Waals surface area contributed by atoms with Crippen molar-refractivity contribution in [2.75, 3.05) is 13.2 Å². The zero-order valence-corrected chi connectivity index (χ0v) is 9.06. The van der Waals surface area contributed by atoms with Gasteiger partial charge in [-0.25, -0.2) is 4.98 Å². The number of carbonyl (C=O) groups excluding carboxylic acids is 1. The van der Waals surface area contributed by atoms with Gasteiger partial charge in [-0.15, -0.1) is 0 Å². The van der Waals surface area contributed by atoms with Gasteiger partial charge in [0.25, 0.3) is 5.91 Å². The van der Waals surface area contributed by atoms with E-state index < -0.39 is 0 Å². The highest BCUT2D eigenvalue weighted by Crippen LogP contribution is 2.19. The molecule has 5 nitrogen and oxygen atoms in total. The van der Waals surface area contributed by atoms with E-state index in [2.05, 4.69) is 10.3 Å². The number of hydrogen-bond donors (Lipinski definition) is 2. The van der Waals surface area contributed by atoms with Gasteiger partial charge in [0, 0.05) is 12.8 Å². The van der Waals surface area contributed by atoms with Crippen molar-refractivity contribution in [1.29, 1.82) is 0 Å². The monoisotopic (exact) mass is 222 g/mol. The highest BCUT2D eigenvalue weighted by Gasteiger charge is 2.32. The standard InChI is InChI=1S/C11H14N2O3/c1-11(4-6-16-7-11)13-10(15)9-8(14)3-2-5-12-9/h2-3,5,14H,4,6-7H2,1H3,(H,13,15)/t11-/m1/s1. The Morgan fingerprint density at radius 3 is 3.12 bits per heavy atom. The number of aromatic hydroxyl groups is 1. The summed E-state index contributed by atoms with van der Waals surface area (Å²) in [6, 6.07) is 3.02. The van der Waals surface area contributed by atoms with Crippen molar-refractivity contribution in [3.05, 3.63) is 24.0 Å². The first-order valence-corrected chi connectivity index (χ1v) is 5.15. The second-order valence-electron chi connectivity index (χ2n) is 4.19. The van der Waals surface area contributed by atoms with E-state index in [1.165, 1.54) is 12.3 Å². The van der Waals surface area contributed by atoms with Crippen molar-refractivity contribution in [3.63, 3.8) is 0 Å². The van der Waals surface area contributed by atoms with Gasteiger partial charge in [-0.05, 0) is 25.5 Å². The first-order valence-electron chi connectivity index (χ1n) is 5.15. The van der Waals surface area contributed by atoms with Crippen molar-refractivity contribution in [1.82, 2.24) is 10.3 Å². The Kier molecular flexibility index (Phi) is 2.78. The van der Waals surface area contributed by atoms with Gasteiger partial charge in [-0.1, -0.05) is 0 Å². The summed E-state index contributed by atoms with van der Waals surface area (Å²) in [5.74, 6) is -0.478. The van der Waals surface area contributed by atoms with Crippen LogP contribution in [0.25, 0.3) is 0 Å². The maximum atomic E-state index is 11.8. The number of nitrogens with zero attached hydrogens (tertiary/aromatic N) is 1. The second kappa shape index (κ2) is 4.09. The predicted octanol–water partition coefficient (Wildman–Crippen LogP) is 0.696. The number of aromatic nitrogens is 1. The van der Waals surface area contributed by atoms with Crippen LogP contribution in [0.1, 0.15) is 23.8 Å². The van der Waals surface area contributed by atoms with Crippen LogP contribution in [0.15, 0.2) is 18.3 Å². The summed E-state index contributed by atoms with van der Waals surface area (Å²) >= 11 is 0. The molecule has 1 aliphatic rings. The van der Waals surface area contributed by atoms with Crippen LogP contribution < -0.4 is 5.32 Å². The van der Waals surface area contributed by atoms with E-state index in [0.717, 1.165) is 6.42 Å². The lowest BCUT2D eigenvalue weighted by Crippen LogP contribution is -2.46. The number of pyridine rings is 1. The number of hydrogen-bond acceptors (Lipinski definition) is 4. The summed E-state index contributed by atoms with van der Waals surface area (Å²) in [5, 5.41) is 12.3. The zero-order valence-electron chi connectivity index (χ0n) is 9.06. The zero-order chi connectivity index (χ0) is 11.6. The van der Waals surface area contributed by atoms with Crippen molar-refractivity contribution < 1.29 is 14.6 Å². The van der Waals surface area contributed by atoms with Crippen LogP contribution in [0, 0.1) is 0 Å². The van der Waals surface area contributed by atoms with E-state index in [-0.39, 0.29) is 22.9 Å². The molecule has 1 aromatic rings. The molecule has 1 fully saturated rings. The van der Waals surface area contributed by atoms with E-state index in [1.807, 2.05) is 6.92 Å². The van der Waals surface area contributed by atoms with Gasteiger partial charge in [0.15, 0.2) is 5.69 Å². The molecule has 86 valence electrons. The molecule has 0 saturated carbocycles. The first kappa shape index (κ1) is 10.9. The van der Waals surface area contributed by atoms with E-state index in [0.29, 0.717) is 13.2 Å². The Balaban J connectivity index is 2.11. The molecule has 1 atom stereocenters. The summed E-state index contributed by atoms with van der Waals surface area (Å²) in [6.07, 6.45) is 2.24. The van der Waals surface area contributed by atoms with Gasteiger partial charge in [0.05, 0.1) is 12.1 Å². The fraction of sp³-hybridized carbons (Fsp3) is 0.455. The Labute approximate surface area is 93.5 Å². The summed E-state index contributed by atoms with van der Waals surface area (Å²) in [6.45, 7) is 3.05. The van der Waals surface area contributed by atoms with Crippen LogP contribution in [-0.4, -0.2) is 34.8 Å². The van der Waals surface area contributed by atoms with Crippen molar-refractivity contribution >= 4 is 5.91 Å². The third kappa shape index (κ3) is 2.14. The predicted molar refractivity (Wildman–Crippen MR) is 57.2 cm³/mol. The Morgan fingerprint density at radius 2 is 2.50 bits per heavy atom. The number of amides is 1. The van der Waals surface area contributed by atoms with Gasteiger partial charge < -0.3 is 15.2 Å². The van der Waals surface area contributed by atoms with Crippen LogP contribution in [0.5, 0.6) is 5.75 Å². The largest absolute Gasteiger partial charge is 0.505 e. The Hall–Kier alpha value is -1.62. The van der Waals surface area contributed by atoms with Gasteiger partial charge in [-0.2, -0.15) is 0 Å². The molecule has 0 spiro atoms. The number of nitrogens with one attached hydrogen (secondary N) is 1. The van der Waals surface area contributed by atoms with Crippen molar-refractivity contribution in [2.45, 2.75) is 18.9 Å². The average molecular weight is 222 g/mol. The third-order valence-corrected chi connectivity index (χ3v) is 2.64. The highest BCUT2D eigenvalue weighted by atomic mass is 16.5. The Morgan fingerprint density at radius 1 is 1.69 bits per heavy atom. The molecule has 2 rings (SSSR count). The summed E-state index contributed by atoms with van der Waals surface area (Å²) < 4.78 is 5.23. The lowest BCUT2D eigenvalue weighted by molar-refractivity contribution is 0.0882. The van der Waals surface area contributed by atoms with Crippen LogP contribution in [0.4, 0.5) is 0 Å². The van der Waals surface area contributed by atoms with Crippen LogP contribution in [0.3, 0.4) is 0 Å². The molecular formula is C11H14N2O3. The molecule has 2 N–H and O–H groups in total. The molecule has 2 heterocycles. The average Bonchev–Trinajstić information content (AvgIpc) is 2.65. The third-order valence-electron chi connectivity index (χ3n) is 2.64. The van der Waals surface area contributed by atoms with E-state index in [1.54, 1.807) is 6.07 Å². The maximum Gasteiger partial charge on any atom is 0.274 e. The Bertz CT molecular complexity index is 400. The van der Waals surface area contributed by atoms with Gasteiger partial charge in [0.1, 0.15) is 5.75 Å². The van der Waals surface area contributed by atoms with E-state index in [4.69, 9.17) is 4.74 Å². The molecule has 1 aliphatic heterocycles. The SMILES string of the molecule is C[C@@]1(NC(=O)c2ncccc2O)CCOC1. The van der Waals surface area contributed by atoms with Crippen LogP contribution in [-0.2, 0) is 4.74 Å². The lowest BCUT2D eigenvalue weighted by Gasteiger charge is -2.23. The fourth-order valence-electron chi connectivity index (χ4n) is 1.67. The smallest absolute Gasteiger partial charge is 0.274 e. The fourth-order valence-corrected chi connectivity index (χ4v) is 1.67. The summed E-state index contributed by atoms with van der Waals surface area (Å²) in [7, 11) is 0. The second-order valence-corrected chi connectivity index (χ2v) is 4.19. The van der Waals surface area contributed by atoms with Crippen molar-refractivity contribution in [3.8, 4) is 5.75 Å². The van der Waals surface area contributed by atoms with Crippen molar-refractivity contribution in [2.24, 2.45) is 0 Å². The lowest BCUT2D eigenvalue weighted by atomic mass is 10.0. The minimum absolute atomic E-state index is 0.0515. The topological polar surface area (TPSA) is 71.5 Å². The minimum atomic E-state index is -0.369. The summed E-state index contributed by atoms with van der Waals surface area (Å²) in [5.41, 5.74) is -0.309.